The van der Waals surface area contributed by atoms with E-state index in [0.29, 0.717) is 38.5 Å². The van der Waals surface area contributed by atoms with E-state index in [2.05, 4.69) is 9.97 Å². The molecule has 0 saturated heterocycles. The second kappa shape index (κ2) is 7.44. The van der Waals surface area contributed by atoms with Crippen molar-refractivity contribution in [1.29, 1.82) is 0 Å². The Morgan fingerprint density at radius 1 is 1.04 bits per heavy atom. The summed E-state index contributed by atoms with van der Waals surface area (Å²) in [6, 6.07) is 9.96. The maximum absolute atomic E-state index is 11.0. The van der Waals surface area contributed by atoms with E-state index in [1.807, 2.05) is 0 Å². The third-order valence-corrected chi connectivity index (χ3v) is 4.27. The van der Waals surface area contributed by atoms with Crippen LogP contribution in [0.2, 0.25) is 10.0 Å². The van der Waals surface area contributed by atoms with Crippen LogP contribution in [0.4, 0.5) is 0 Å². The van der Waals surface area contributed by atoms with E-state index >= 15 is 0 Å². The van der Waals surface area contributed by atoms with Crippen molar-refractivity contribution in [3.05, 3.63) is 52.6 Å². The van der Waals surface area contributed by atoms with E-state index in [4.69, 9.17) is 44.3 Å². The van der Waals surface area contributed by atoms with Gasteiger partial charge in [-0.15, -0.1) is 0 Å². The normalized spacial score (nSPS) is 12.0. The van der Waals surface area contributed by atoms with Gasteiger partial charge in [-0.1, -0.05) is 23.2 Å². The average Bonchev–Trinajstić information content (AvgIpc) is 2.58. The van der Waals surface area contributed by atoms with E-state index in [-0.39, 0.29) is 0 Å². The van der Waals surface area contributed by atoms with Crippen molar-refractivity contribution in [2.75, 3.05) is 0 Å². The minimum Gasteiger partial charge on any atom is -0.482 e. The Labute approximate surface area is 158 Å². The molecule has 1 atom stereocenters. The molecular formula is C17H11Cl3N2O3. The number of fused-ring (bicyclic) bond motifs is 1. The number of hydrogen-bond donors (Lipinski definition) is 0. The molecule has 0 unspecified atom stereocenters. The summed E-state index contributed by atoms with van der Waals surface area (Å²) in [7, 11) is 0. The molecule has 0 fully saturated rings. The van der Waals surface area contributed by atoms with Gasteiger partial charge >= 0.3 is 0 Å². The fourth-order valence-electron chi connectivity index (χ4n) is 2.00. The molecule has 8 heteroatoms. The second-order valence-electron chi connectivity index (χ2n) is 5.10. The zero-order chi connectivity index (χ0) is 18.0. The molecule has 0 amide bonds. The smallest absolute Gasteiger partial charge is 0.262 e. The van der Waals surface area contributed by atoms with Gasteiger partial charge in [0.2, 0.25) is 5.88 Å². The van der Waals surface area contributed by atoms with Gasteiger partial charge in [-0.3, -0.25) is 4.79 Å². The highest BCUT2D eigenvalue weighted by atomic mass is 35.5. The molecule has 0 spiro atoms. The first-order valence-electron chi connectivity index (χ1n) is 7.18. The quantitative estimate of drug-likeness (QED) is 0.549. The Morgan fingerprint density at radius 3 is 2.28 bits per heavy atom. The molecule has 1 heterocycles. The zero-order valence-electron chi connectivity index (χ0n) is 12.9. The summed E-state index contributed by atoms with van der Waals surface area (Å²) in [4.78, 5) is 19.6. The summed E-state index contributed by atoms with van der Waals surface area (Å²) < 4.78 is 11.0. The first-order chi connectivity index (χ1) is 11.9. The number of ether oxygens (including phenoxy) is 2. The molecule has 0 aliphatic carbocycles. The van der Waals surface area contributed by atoms with Crippen molar-refractivity contribution in [2.24, 2.45) is 0 Å². The van der Waals surface area contributed by atoms with Crippen LogP contribution in [0, 0.1) is 0 Å². The lowest BCUT2D eigenvalue weighted by Gasteiger charge is -2.11. The van der Waals surface area contributed by atoms with E-state index < -0.39 is 11.3 Å². The van der Waals surface area contributed by atoms with E-state index in [1.165, 1.54) is 6.20 Å². The number of benzene rings is 2. The molecule has 0 N–H and O–H groups in total. The van der Waals surface area contributed by atoms with Crippen LogP contribution in [0.25, 0.3) is 11.0 Å². The lowest BCUT2D eigenvalue weighted by atomic mass is 10.3. The Balaban J connectivity index is 1.77. The summed E-state index contributed by atoms with van der Waals surface area (Å²) in [5, 5.41) is 0.244. The average molecular weight is 398 g/mol. The predicted molar refractivity (Wildman–Crippen MR) is 97.0 cm³/mol. The second-order valence-corrected chi connectivity index (χ2v) is 6.29. The van der Waals surface area contributed by atoms with Gasteiger partial charge in [0.05, 0.1) is 27.3 Å². The fraction of sp³-hybridized carbons (Fsp3) is 0.118. The molecule has 1 aromatic heterocycles. The fourth-order valence-corrected chi connectivity index (χ4v) is 2.36. The summed E-state index contributed by atoms with van der Waals surface area (Å²) in [5.41, 5.74) is 1.19. The Bertz CT molecular complexity index is 932. The standard InChI is InChI=1S/C17H11Cl3N2O3/c1-9(17(20)23)24-10-2-4-11(5-3-10)25-16-8-21-14-6-12(18)13(19)7-15(14)22-16/h2-9H,1H3/t9-/m1/s1. The van der Waals surface area contributed by atoms with Crippen molar-refractivity contribution in [3.8, 4) is 17.4 Å². The molecular weight excluding hydrogens is 387 g/mol. The number of nitrogens with zero attached hydrogens (tertiary/aromatic N) is 2. The molecule has 0 bridgehead atoms. The largest absolute Gasteiger partial charge is 0.482 e. The Morgan fingerprint density at radius 2 is 1.64 bits per heavy atom. The first kappa shape index (κ1) is 17.7. The predicted octanol–water partition coefficient (Wildman–Crippen LogP) is 5.26. The Kier molecular flexibility index (Phi) is 5.27. The molecule has 0 aliphatic rings. The van der Waals surface area contributed by atoms with Gasteiger partial charge in [0, 0.05) is 0 Å². The minimum absolute atomic E-state index is 0.309. The van der Waals surface area contributed by atoms with E-state index in [9.17, 15) is 4.79 Å². The monoisotopic (exact) mass is 396 g/mol. The summed E-state index contributed by atoms with van der Waals surface area (Å²) >= 11 is 17.3. The topological polar surface area (TPSA) is 61.3 Å². The van der Waals surface area contributed by atoms with Crippen LogP contribution in [0.1, 0.15) is 6.92 Å². The molecule has 5 nitrogen and oxygen atoms in total. The van der Waals surface area contributed by atoms with Gasteiger partial charge in [-0.25, -0.2) is 9.97 Å². The van der Waals surface area contributed by atoms with Gasteiger partial charge in [-0.2, -0.15) is 0 Å². The molecule has 0 aliphatic heterocycles. The highest BCUT2D eigenvalue weighted by Gasteiger charge is 2.11. The lowest BCUT2D eigenvalue weighted by molar-refractivity contribution is -0.117. The minimum atomic E-state index is -0.726. The van der Waals surface area contributed by atoms with Gasteiger partial charge in [0.15, 0.2) is 6.10 Å². The lowest BCUT2D eigenvalue weighted by Crippen LogP contribution is -2.18. The summed E-state index contributed by atoms with van der Waals surface area (Å²) in [6.07, 6.45) is 0.766. The number of carbonyl (C=O) groups is 1. The first-order valence-corrected chi connectivity index (χ1v) is 8.31. The molecule has 25 heavy (non-hydrogen) atoms. The summed E-state index contributed by atoms with van der Waals surface area (Å²) in [5.74, 6) is 1.34. The van der Waals surface area contributed by atoms with Gasteiger partial charge in [0.25, 0.3) is 5.24 Å². The van der Waals surface area contributed by atoms with Crippen molar-refractivity contribution < 1.29 is 14.3 Å². The highest BCUT2D eigenvalue weighted by molar-refractivity contribution is 6.64. The van der Waals surface area contributed by atoms with E-state index in [0.717, 1.165) is 0 Å². The molecule has 2 aromatic carbocycles. The van der Waals surface area contributed by atoms with Crippen molar-refractivity contribution in [3.63, 3.8) is 0 Å². The maximum atomic E-state index is 11.0. The number of aromatic nitrogens is 2. The van der Waals surface area contributed by atoms with Crippen LogP contribution in [-0.4, -0.2) is 21.3 Å². The molecule has 3 aromatic rings. The van der Waals surface area contributed by atoms with Crippen LogP contribution in [-0.2, 0) is 4.79 Å². The SMILES string of the molecule is C[C@@H](Oc1ccc(Oc2cnc3cc(Cl)c(Cl)cc3n2)cc1)C(=O)Cl. The molecule has 0 radical (unpaired) electrons. The Hall–Kier alpha value is -2.08. The van der Waals surface area contributed by atoms with Crippen LogP contribution in [0.3, 0.4) is 0 Å². The van der Waals surface area contributed by atoms with Crippen molar-refractivity contribution in [1.82, 2.24) is 9.97 Å². The van der Waals surface area contributed by atoms with Crippen molar-refractivity contribution in [2.45, 2.75) is 13.0 Å². The third-order valence-electron chi connectivity index (χ3n) is 3.24. The van der Waals surface area contributed by atoms with Crippen molar-refractivity contribution >= 4 is 51.1 Å². The number of hydrogen-bond acceptors (Lipinski definition) is 5. The van der Waals surface area contributed by atoms with Crippen LogP contribution in [0.15, 0.2) is 42.6 Å². The number of rotatable bonds is 5. The third kappa shape index (κ3) is 4.31. The van der Waals surface area contributed by atoms with Crippen LogP contribution in [0.5, 0.6) is 17.4 Å². The van der Waals surface area contributed by atoms with Crippen LogP contribution >= 0.6 is 34.8 Å². The van der Waals surface area contributed by atoms with Crippen LogP contribution < -0.4 is 9.47 Å². The molecule has 3 rings (SSSR count). The van der Waals surface area contributed by atoms with E-state index in [1.54, 1.807) is 43.3 Å². The molecule has 0 saturated carbocycles. The zero-order valence-corrected chi connectivity index (χ0v) is 15.1. The van der Waals surface area contributed by atoms with Gasteiger partial charge in [0.1, 0.15) is 11.5 Å². The van der Waals surface area contributed by atoms with Gasteiger partial charge in [-0.05, 0) is 54.9 Å². The number of carbonyl (C=O) groups excluding carboxylic acids is 1. The van der Waals surface area contributed by atoms with Gasteiger partial charge < -0.3 is 9.47 Å². The number of halogens is 3. The molecule has 128 valence electrons. The highest BCUT2D eigenvalue weighted by Crippen LogP contribution is 2.28. The summed E-state index contributed by atoms with van der Waals surface area (Å²) in [6.45, 7) is 1.57. The maximum Gasteiger partial charge on any atom is 0.262 e.